The molecule has 27 heavy (non-hydrogen) atoms. The molecule has 2 heterocycles. The summed E-state index contributed by atoms with van der Waals surface area (Å²) in [6.07, 6.45) is 0. The minimum absolute atomic E-state index is 0.424. The number of hydrogen-bond acceptors (Lipinski definition) is 1. The number of rotatable bonds is 2. The number of nitrogens with zero attached hydrogens (tertiary/aromatic N) is 2. The second-order valence-corrected chi connectivity index (χ2v) is 6.96. The van der Waals surface area contributed by atoms with E-state index < -0.39 is 12.7 Å². The first-order valence-corrected chi connectivity index (χ1v) is 8.81. The van der Waals surface area contributed by atoms with Gasteiger partial charge in [-0.25, -0.2) is 4.85 Å². The maximum absolute atomic E-state index is 8.57. The molecule has 1 atom stereocenters. The van der Waals surface area contributed by atoms with Crippen LogP contribution >= 0.6 is 0 Å². The van der Waals surface area contributed by atoms with Crippen molar-refractivity contribution in [2.75, 3.05) is 0 Å². The molecule has 0 spiro atoms. The molecule has 2 aromatic heterocycles. The van der Waals surface area contributed by atoms with Crippen LogP contribution in [0.3, 0.4) is 0 Å². The molecule has 134 valence electrons. The van der Waals surface area contributed by atoms with Gasteiger partial charge in [0.1, 0.15) is 18.2 Å². The van der Waals surface area contributed by atoms with Gasteiger partial charge in [-0.05, 0) is 23.9 Å². The van der Waals surface area contributed by atoms with Crippen LogP contribution in [0, 0.1) is 20.4 Å². The minimum atomic E-state index is -2.47. The summed E-state index contributed by atoms with van der Waals surface area (Å²) in [6.45, 7) is 10.3. The van der Waals surface area contributed by atoms with Crippen molar-refractivity contribution in [2.24, 2.45) is 7.05 Å². The zero-order valence-electron chi connectivity index (χ0n) is 19.8. The number of para-hydroxylation sites is 1. The van der Waals surface area contributed by atoms with E-state index in [0.29, 0.717) is 22.4 Å². The lowest BCUT2D eigenvalue weighted by atomic mass is 9.96. The van der Waals surface area contributed by atoms with E-state index in [1.165, 1.54) is 6.92 Å². The summed E-state index contributed by atoms with van der Waals surface area (Å²) < 4.78 is 40.4. The third-order valence-electron chi connectivity index (χ3n) is 5.21. The van der Waals surface area contributed by atoms with Crippen LogP contribution in [0.25, 0.3) is 38.0 Å². The molecule has 0 bridgehead atoms. The third kappa shape index (κ3) is 2.61. The van der Waals surface area contributed by atoms with Crippen molar-refractivity contribution in [3.8, 4) is 11.3 Å². The maximum Gasteiger partial charge on any atom is 0.229 e. The van der Waals surface area contributed by atoms with Crippen molar-refractivity contribution in [1.82, 2.24) is 0 Å². The Morgan fingerprint density at radius 1 is 1.15 bits per heavy atom. The van der Waals surface area contributed by atoms with Gasteiger partial charge in [-0.3, -0.25) is 0 Å². The van der Waals surface area contributed by atoms with Gasteiger partial charge >= 0.3 is 0 Å². The Bertz CT molecular complexity index is 1390. The molecule has 0 aliphatic heterocycles. The Morgan fingerprint density at radius 2 is 1.93 bits per heavy atom. The second kappa shape index (κ2) is 6.25. The zero-order chi connectivity index (χ0) is 22.7. The van der Waals surface area contributed by atoms with Crippen LogP contribution in [0.2, 0.25) is 0 Å². The number of hydrogen-bond donors (Lipinski definition) is 0. The maximum atomic E-state index is 8.57. The molecule has 2 aromatic carbocycles. The molecule has 0 aliphatic rings. The summed E-state index contributed by atoms with van der Waals surface area (Å²) >= 11 is 0. The highest BCUT2D eigenvalue weighted by molar-refractivity contribution is 6.12. The normalized spacial score (nSPS) is 16.3. The highest BCUT2D eigenvalue weighted by atomic mass is 16.3. The van der Waals surface area contributed by atoms with Gasteiger partial charge in [0.05, 0.1) is 12.1 Å². The molecule has 4 aromatic rings. The van der Waals surface area contributed by atoms with Crippen molar-refractivity contribution in [3.05, 3.63) is 70.7 Å². The molecular weight excluding hydrogens is 332 g/mol. The average molecular weight is 359 g/mol. The lowest BCUT2D eigenvalue weighted by molar-refractivity contribution is -0.666. The van der Waals surface area contributed by atoms with Gasteiger partial charge in [0, 0.05) is 35.3 Å². The largest absolute Gasteiger partial charge is 0.466 e. The molecule has 3 nitrogen and oxygen atoms in total. The quantitative estimate of drug-likeness (QED) is 0.301. The number of furan rings is 1. The van der Waals surface area contributed by atoms with E-state index in [2.05, 4.69) is 4.85 Å². The summed E-state index contributed by atoms with van der Waals surface area (Å²) in [5.74, 6) is -1.76. The monoisotopic (exact) mass is 359 g/mol. The van der Waals surface area contributed by atoms with E-state index in [1.54, 1.807) is 18.2 Å². The Morgan fingerprint density at radius 3 is 2.67 bits per heavy atom. The van der Waals surface area contributed by atoms with E-state index in [9.17, 15) is 0 Å². The lowest BCUT2D eigenvalue weighted by Gasteiger charge is -2.11. The fraction of sp³-hybridized carbons (Fsp3) is 0.250. The number of aromatic nitrogens is 1. The number of benzene rings is 2. The van der Waals surface area contributed by atoms with Gasteiger partial charge in [0.2, 0.25) is 11.4 Å². The highest BCUT2D eigenvalue weighted by Gasteiger charge is 2.23. The Hall–Kier alpha value is -3.12. The first-order chi connectivity index (χ1) is 14.5. The predicted molar refractivity (Wildman–Crippen MR) is 110 cm³/mol. The van der Waals surface area contributed by atoms with Gasteiger partial charge in [-0.1, -0.05) is 44.1 Å². The van der Waals surface area contributed by atoms with Gasteiger partial charge in [-0.15, -0.1) is 0 Å². The molecule has 1 unspecified atom stereocenters. The zero-order valence-corrected chi connectivity index (χ0v) is 15.8. The van der Waals surface area contributed by atoms with Gasteiger partial charge in [0.25, 0.3) is 0 Å². The fourth-order valence-corrected chi connectivity index (χ4v) is 3.61. The topological polar surface area (TPSA) is 21.4 Å². The molecule has 0 radical (unpaired) electrons. The van der Waals surface area contributed by atoms with Crippen LogP contribution in [0.5, 0.6) is 0 Å². The molecule has 0 fully saturated rings. The van der Waals surface area contributed by atoms with E-state index in [-0.39, 0.29) is 0 Å². The van der Waals surface area contributed by atoms with Gasteiger partial charge in [0.15, 0.2) is 5.69 Å². The Labute approximate surface area is 165 Å². The summed E-state index contributed by atoms with van der Waals surface area (Å²) in [7, 11) is 1.91. The van der Waals surface area contributed by atoms with E-state index in [4.69, 9.17) is 16.5 Å². The molecule has 0 N–H and O–H groups in total. The van der Waals surface area contributed by atoms with Crippen molar-refractivity contribution in [1.29, 1.82) is 0 Å². The Balaban J connectivity index is 2.10. The minimum Gasteiger partial charge on any atom is -0.466 e. The van der Waals surface area contributed by atoms with Crippen LogP contribution in [-0.2, 0) is 7.05 Å². The number of fused-ring (bicyclic) bond motifs is 3. The van der Waals surface area contributed by atoms with E-state index >= 15 is 0 Å². The van der Waals surface area contributed by atoms with Crippen molar-refractivity contribution < 1.29 is 14.5 Å². The summed E-state index contributed by atoms with van der Waals surface area (Å²) in [5.41, 5.74) is 5.47. The van der Waals surface area contributed by atoms with Crippen molar-refractivity contribution >= 4 is 27.6 Å². The highest BCUT2D eigenvalue weighted by Crippen LogP contribution is 2.40. The molecule has 0 aliphatic carbocycles. The van der Waals surface area contributed by atoms with Crippen LogP contribution in [0.1, 0.15) is 42.0 Å². The van der Waals surface area contributed by atoms with Crippen LogP contribution in [-0.4, -0.2) is 0 Å². The molecule has 3 heteroatoms. The summed E-state index contributed by atoms with van der Waals surface area (Å²) in [4.78, 5) is 3.59. The molecule has 0 saturated carbocycles. The van der Waals surface area contributed by atoms with Crippen LogP contribution in [0.4, 0.5) is 5.69 Å². The summed E-state index contributed by atoms with van der Waals surface area (Å²) in [6, 6.07) is 13.0. The SMILES string of the molecule is [2H]C([2H])([2H])C([2H])(C)c1cc(C)[n+](C)c(-c2c(C)ccc3c2oc2c([N+]#[C-])cccc23)c1. The standard InChI is InChI=1S/C24H23N2O/c1-14(2)17-12-16(4)26(6)21(13-17)22-15(3)10-11-19-18-8-7-9-20(25-5)23(18)27-24(19)22/h7-14H,1-4,6H3/q+1/i1D3,14D. The molecule has 0 saturated heterocycles. The molecular formula is C24H23N2O+. The number of pyridine rings is 1. The van der Waals surface area contributed by atoms with Gasteiger partial charge < -0.3 is 4.42 Å². The fourth-order valence-electron chi connectivity index (χ4n) is 3.61. The average Bonchev–Trinajstić information content (AvgIpc) is 3.08. The second-order valence-electron chi connectivity index (χ2n) is 6.96. The number of aryl methyl sites for hydroxylation is 2. The Kier molecular flexibility index (Phi) is 3.03. The van der Waals surface area contributed by atoms with Crippen molar-refractivity contribution in [3.63, 3.8) is 0 Å². The molecule has 0 amide bonds. The smallest absolute Gasteiger partial charge is 0.229 e. The van der Waals surface area contributed by atoms with Crippen LogP contribution in [0.15, 0.2) is 46.9 Å². The molecule has 4 rings (SSSR count). The van der Waals surface area contributed by atoms with Crippen LogP contribution < -0.4 is 4.57 Å². The van der Waals surface area contributed by atoms with Crippen molar-refractivity contribution in [2.45, 2.75) is 33.5 Å². The predicted octanol–water partition coefficient (Wildman–Crippen LogP) is 6.37. The first kappa shape index (κ1) is 13.1. The van der Waals surface area contributed by atoms with Gasteiger partial charge in [-0.2, -0.15) is 4.57 Å². The first-order valence-electron chi connectivity index (χ1n) is 10.8. The van der Waals surface area contributed by atoms with E-state index in [0.717, 1.165) is 33.3 Å². The summed E-state index contributed by atoms with van der Waals surface area (Å²) in [5, 5.41) is 1.77. The third-order valence-corrected chi connectivity index (χ3v) is 5.21. The van der Waals surface area contributed by atoms with E-state index in [1.807, 2.05) is 49.7 Å². The lowest BCUT2D eigenvalue weighted by Crippen LogP contribution is -2.35.